The topological polar surface area (TPSA) is 35.6 Å². The van der Waals surface area contributed by atoms with Gasteiger partial charge < -0.3 is 10.2 Å². The lowest BCUT2D eigenvalue weighted by Gasteiger charge is -2.20. The van der Waals surface area contributed by atoms with E-state index in [1.165, 1.54) is 30.6 Å². The third-order valence-corrected chi connectivity index (χ3v) is 5.01. The highest BCUT2D eigenvalue weighted by molar-refractivity contribution is 5.94. The van der Waals surface area contributed by atoms with Gasteiger partial charge in [-0.3, -0.25) is 9.69 Å². The maximum atomic E-state index is 11.5. The molecule has 0 aromatic heterocycles. The third kappa shape index (κ3) is 5.41. The molecule has 2 aromatic carbocycles. The summed E-state index contributed by atoms with van der Waals surface area (Å²) in [6, 6.07) is 16.5. The van der Waals surface area contributed by atoms with Gasteiger partial charge in [-0.15, -0.1) is 0 Å². The summed E-state index contributed by atoms with van der Waals surface area (Å²) < 4.78 is 0. The van der Waals surface area contributed by atoms with E-state index >= 15 is 0 Å². The highest BCUT2D eigenvalue weighted by Crippen LogP contribution is 2.14. The van der Waals surface area contributed by atoms with Crippen LogP contribution in [0.2, 0.25) is 0 Å². The van der Waals surface area contributed by atoms with E-state index in [4.69, 9.17) is 0 Å². The fourth-order valence-corrected chi connectivity index (χ4v) is 3.33. The van der Waals surface area contributed by atoms with E-state index in [0.29, 0.717) is 0 Å². The lowest BCUT2D eigenvalue weighted by Crippen LogP contribution is -2.28. The first kappa shape index (κ1) is 18.6. The van der Waals surface area contributed by atoms with Crippen molar-refractivity contribution in [3.8, 4) is 0 Å². The molecule has 0 amide bonds. The number of nitrogens with zero attached hydrogens (tertiary/aromatic N) is 2. The molecule has 0 spiro atoms. The first-order valence-electron chi connectivity index (χ1n) is 9.44. The molecule has 0 saturated carbocycles. The van der Waals surface area contributed by atoms with Gasteiger partial charge in [0.25, 0.3) is 0 Å². The zero-order valence-electron chi connectivity index (χ0n) is 15.9. The average molecular weight is 351 g/mol. The first-order chi connectivity index (χ1) is 12.6. The summed E-state index contributed by atoms with van der Waals surface area (Å²) in [4.78, 5) is 16.4. The number of ketones is 1. The predicted molar refractivity (Wildman–Crippen MR) is 108 cm³/mol. The highest BCUT2D eigenvalue weighted by atomic mass is 16.1. The van der Waals surface area contributed by atoms with E-state index in [1.54, 1.807) is 6.92 Å². The Hall–Kier alpha value is -2.17. The highest BCUT2D eigenvalue weighted by Gasteiger charge is 2.12. The van der Waals surface area contributed by atoms with Crippen molar-refractivity contribution in [1.29, 1.82) is 0 Å². The van der Waals surface area contributed by atoms with Crippen LogP contribution in [0.5, 0.6) is 0 Å². The van der Waals surface area contributed by atoms with E-state index in [9.17, 15) is 4.79 Å². The van der Waals surface area contributed by atoms with Gasteiger partial charge >= 0.3 is 0 Å². The summed E-state index contributed by atoms with van der Waals surface area (Å²) in [7, 11) is 2.21. The number of carbonyl (C=O) groups is 1. The molecule has 138 valence electrons. The predicted octanol–water partition coefficient (Wildman–Crippen LogP) is 3.64. The lowest BCUT2D eigenvalue weighted by atomic mass is 10.1. The minimum atomic E-state index is 0.0951. The number of benzene rings is 2. The molecule has 1 aliphatic heterocycles. The molecule has 1 N–H and O–H groups in total. The zero-order chi connectivity index (χ0) is 18.4. The summed E-state index contributed by atoms with van der Waals surface area (Å²) in [5.74, 6) is 0.0951. The van der Waals surface area contributed by atoms with E-state index in [0.717, 1.165) is 37.4 Å². The second-order valence-electron chi connectivity index (χ2n) is 7.24. The molecule has 4 heteroatoms. The standard InChI is InChI=1S/C22H29N3O/c1-18(26)21-5-3-6-22(15-21)23-16-19-7-9-20(10-8-19)17-25-12-4-11-24(2)13-14-25/h3,5-10,15,23H,4,11-14,16-17H2,1-2H3. The average Bonchev–Trinajstić information content (AvgIpc) is 2.85. The number of nitrogens with one attached hydrogen (secondary N) is 1. The van der Waals surface area contributed by atoms with Crippen LogP contribution in [0.15, 0.2) is 48.5 Å². The third-order valence-electron chi connectivity index (χ3n) is 5.01. The Morgan fingerprint density at radius 1 is 1.00 bits per heavy atom. The summed E-state index contributed by atoms with van der Waals surface area (Å²) in [5, 5.41) is 3.40. The Labute approximate surface area is 156 Å². The van der Waals surface area contributed by atoms with Gasteiger partial charge in [0.15, 0.2) is 5.78 Å². The minimum Gasteiger partial charge on any atom is -0.381 e. The van der Waals surface area contributed by atoms with Gasteiger partial charge in [0.2, 0.25) is 0 Å². The molecule has 3 rings (SSSR count). The summed E-state index contributed by atoms with van der Waals surface area (Å²) >= 11 is 0. The van der Waals surface area contributed by atoms with E-state index < -0.39 is 0 Å². The van der Waals surface area contributed by atoms with Crippen molar-refractivity contribution >= 4 is 11.5 Å². The molecule has 0 radical (unpaired) electrons. The summed E-state index contributed by atoms with van der Waals surface area (Å²) in [6.07, 6.45) is 1.25. The van der Waals surface area contributed by atoms with Crippen LogP contribution in [-0.2, 0) is 13.1 Å². The van der Waals surface area contributed by atoms with Crippen molar-refractivity contribution in [1.82, 2.24) is 9.80 Å². The van der Waals surface area contributed by atoms with Crippen molar-refractivity contribution in [2.45, 2.75) is 26.4 Å². The van der Waals surface area contributed by atoms with Crippen LogP contribution >= 0.6 is 0 Å². The number of carbonyl (C=O) groups excluding carboxylic acids is 1. The number of hydrogen-bond acceptors (Lipinski definition) is 4. The van der Waals surface area contributed by atoms with E-state index in [1.807, 2.05) is 24.3 Å². The van der Waals surface area contributed by atoms with Crippen LogP contribution in [0.1, 0.15) is 34.8 Å². The quantitative estimate of drug-likeness (QED) is 0.806. The first-order valence-corrected chi connectivity index (χ1v) is 9.44. The van der Waals surface area contributed by atoms with Gasteiger partial charge in [0.1, 0.15) is 0 Å². The van der Waals surface area contributed by atoms with Crippen molar-refractivity contribution in [2.24, 2.45) is 0 Å². The number of Topliss-reactive ketones (excluding diaryl/α,β-unsaturated/α-hetero) is 1. The monoisotopic (exact) mass is 351 g/mol. The maximum Gasteiger partial charge on any atom is 0.159 e. The fourth-order valence-electron chi connectivity index (χ4n) is 3.33. The molecule has 2 aromatic rings. The van der Waals surface area contributed by atoms with Crippen LogP contribution in [0.3, 0.4) is 0 Å². The molecule has 4 nitrogen and oxygen atoms in total. The maximum absolute atomic E-state index is 11.5. The van der Waals surface area contributed by atoms with Crippen LogP contribution in [0.25, 0.3) is 0 Å². The second-order valence-corrected chi connectivity index (χ2v) is 7.24. The Morgan fingerprint density at radius 3 is 2.54 bits per heavy atom. The molecular formula is C22H29N3O. The van der Waals surface area contributed by atoms with Crippen LogP contribution in [0.4, 0.5) is 5.69 Å². The number of rotatable bonds is 6. The summed E-state index contributed by atoms with van der Waals surface area (Å²) in [6.45, 7) is 8.07. The number of likely N-dealkylation sites (N-methyl/N-ethyl adjacent to an activating group) is 1. The van der Waals surface area contributed by atoms with Gasteiger partial charge in [-0.25, -0.2) is 0 Å². The van der Waals surface area contributed by atoms with Crippen molar-refractivity contribution in [3.63, 3.8) is 0 Å². The normalized spacial score (nSPS) is 16.2. The molecule has 0 bridgehead atoms. The van der Waals surface area contributed by atoms with Crippen molar-refractivity contribution in [2.75, 3.05) is 38.5 Å². The SMILES string of the molecule is CC(=O)c1cccc(NCc2ccc(CN3CCCN(C)CC3)cc2)c1. The molecule has 0 atom stereocenters. The molecule has 1 fully saturated rings. The van der Waals surface area contributed by atoms with Gasteiger partial charge in [-0.1, -0.05) is 36.4 Å². The fraction of sp³-hybridized carbons (Fsp3) is 0.409. The zero-order valence-corrected chi connectivity index (χ0v) is 15.9. The second kappa shape index (κ2) is 8.97. The number of anilines is 1. The van der Waals surface area contributed by atoms with E-state index in [-0.39, 0.29) is 5.78 Å². The molecule has 1 aliphatic rings. The molecule has 26 heavy (non-hydrogen) atoms. The van der Waals surface area contributed by atoms with Crippen LogP contribution in [0, 0.1) is 0 Å². The van der Waals surface area contributed by atoms with Crippen molar-refractivity contribution < 1.29 is 4.79 Å². The summed E-state index contributed by atoms with van der Waals surface area (Å²) in [5.41, 5.74) is 4.35. The van der Waals surface area contributed by atoms with Gasteiger partial charge in [-0.05, 0) is 56.7 Å². The van der Waals surface area contributed by atoms with Crippen LogP contribution in [-0.4, -0.2) is 48.8 Å². The molecule has 0 unspecified atom stereocenters. The molecular weight excluding hydrogens is 322 g/mol. The largest absolute Gasteiger partial charge is 0.381 e. The Kier molecular flexibility index (Phi) is 6.42. The smallest absolute Gasteiger partial charge is 0.159 e. The van der Waals surface area contributed by atoms with Gasteiger partial charge in [0.05, 0.1) is 0 Å². The van der Waals surface area contributed by atoms with Crippen molar-refractivity contribution in [3.05, 3.63) is 65.2 Å². The van der Waals surface area contributed by atoms with E-state index in [2.05, 4.69) is 46.4 Å². The van der Waals surface area contributed by atoms with Gasteiger partial charge in [0, 0.05) is 37.4 Å². The Balaban J connectivity index is 1.53. The lowest BCUT2D eigenvalue weighted by molar-refractivity contribution is 0.101. The minimum absolute atomic E-state index is 0.0951. The van der Waals surface area contributed by atoms with Gasteiger partial charge in [-0.2, -0.15) is 0 Å². The number of hydrogen-bond donors (Lipinski definition) is 1. The molecule has 1 heterocycles. The Morgan fingerprint density at radius 2 is 1.77 bits per heavy atom. The molecule has 0 aliphatic carbocycles. The Bertz CT molecular complexity index is 726. The molecule has 1 saturated heterocycles. The van der Waals surface area contributed by atoms with Crippen LogP contribution < -0.4 is 5.32 Å².